The van der Waals surface area contributed by atoms with Crippen LogP contribution in [0.3, 0.4) is 0 Å². The van der Waals surface area contributed by atoms with Gasteiger partial charge in [0.2, 0.25) is 15.9 Å². The zero-order chi connectivity index (χ0) is 17.0. The smallest absolute Gasteiger partial charge is 0.238 e. The maximum atomic E-state index is 12.4. The molecule has 0 saturated heterocycles. The van der Waals surface area contributed by atoms with Crippen LogP contribution in [0.5, 0.6) is 0 Å². The Morgan fingerprint density at radius 3 is 2.39 bits per heavy atom. The summed E-state index contributed by atoms with van der Waals surface area (Å²) in [6, 6.07) is 5.02. The van der Waals surface area contributed by atoms with Gasteiger partial charge in [-0.3, -0.25) is 4.79 Å². The zero-order valence-corrected chi connectivity index (χ0v) is 14.7. The van der Waals surface area contributed by atoms with Crippen molar-refractivity contribution in [1.82, 2.24) is 5.32 Å². The second-order valence-electron chi connectivity index (χ2n) is 6.36. The molecule has 1 aromatic carbocycles. The molecule has 0 fully saturated rings. The van der Waals surface area contributed by atoms with Crippen LogP contribution in [-0.4, -0.2) is 20.4 Å². The minimum Gasteiger partial charge on any atom is -0.352 e. The number of rotatable bonds is 7. The van der Waals surface area contributed by atoms with Crippen molar-refractivity contribution in [3.8, 4) is 0 Å². The highest BCUT2D eigenvalue weighted by molar-refractivity contribution is 7.89. The standard InChI is InChI=1S/C17H26N2O3S/c1-3-5-12(6-4-2)17(20)19-15-9-13-7-8-16(23(18,21)22)11-14(13)10-15/h7-8,11-12,15H,3-6,9-10H2,1-2H3,(H,19,20)(H2,18,21,22). The van der Waals surface area contributed by atoms with Gasteiger partial charge >= 0.3 is 0 Å². The molecule has 0 saturated carbocycles. The lowest BCUT2D eigenvalue weighted by atomic mass is 9.97. The van der Waals surface area contributed by atoms with E-state index < -0.39 is 10.0 Å². The molecule has 0 heterocycles. The summed E-state index contributed by atoms with van der Waals surface area (Å²) in [6.07, 6.45) is 5.23. The second-order valence-corrected chi connectivity index (χ2v) is 7.92. The third-order valence-corrected chi connectivity index (χ3v) is 5.34. The van der Waals surface area contributed by atoms with E-state index in [9.17, 15) is 13.2 Å². The Kier molecular flexibility index (Phi) is 5.81. The van der Waals surface area contributed by atoms with Gasteiger partial charge in [0.25, 0.3) is 0 Å². The van der Waals surface area contributed by atoms with E-state index in [0.29, 0.717) is 6.42 Å². The Morgan fingerprint density at radius 2 is 1.83 bits per heavy atom. The maximum absolute atomic E-state index is 12.4. The topological polar surface area (TPSA) is 89.3 Å². The number of hydrogen-bond acceptors (Lipinski definition) is 3. The van der Waals surface area contributed by atoms with E-state index in [0.717, 1.165) is 43.2 Å². The molecule has 1 aliphatic rings. The predicted molar refractivity (Wildman–Crippen MR) is 90.5 cm³/mol. The third kappa shape index (κ3) is 4.54. The first-order valence-corrected chi connectivity index (χ1v) is 9.84. The minimum atomic E-state index is -3.68. The third-order valence-electron chi connectivity index (χ3n) is 4.43. The Morgan fingerprint density at radius 1 is 1.22 bits per heavy atom. The van der Waals surface area contributed by atoms with Gasteiger partial charge in [0.05, 0.1) is 4.90 Å². The molecule has 3 N–H and O–H groups in total. The van der Waals surface area contributed by atoms with Crippen molar-refractivity contribution in [2.24, 2.45) is 11.1 Å². The first kappa shape index (κ1) is 17.9. The molecule has 1 atom stereocenters. The van der Waals surface area contributed by atoms with Crippen LogP contribution in [0.4, 0.5) is 0 Å². The number of hydrogen-bond donors (Lipinski definition) is 2. The van der Waals surface area contributed by atoms with Crippen molar-refractivity contribution in [1.29, 1.82) is 0 Å². The van der Waals surface area contributed by atoms with E-state index in [-0.39, 0.29) is 22.8 Å². The number of benzene rings is 1. The Bertz CT molecular complexity index is 664. The highest BCUT2D eigenvalue weighted by atomic mass is 32.2. The molecule has 0 bridgehead atoms. The van der Waals surface area contributed by atoms with Gasteiger partial charge in [0.15, 0.2) is 0 Å². The number of sulfonamides is 1. The van der Waals surface area contributed by atoms with E-state index in [1.165, 1.54) is 6.07 Å². The molecule has 23 heavy (non-hydrogen) atoms. The normalized spacial score (nSPS) is 17.3. The summed E-state index contributed by atoms with van der Waals surface area (Å²) in [7, 11) is -3.68. The van der Waals surface area contributed by atoms with E-state index in [1.54, 1.807) is 12.1 Å². The number of fused-ring (bicyclic) bond motifs is 1. The second kappa shape index (κ2) is 7.45. The van der Waals surface area contributed by atoms with Gasteiger partial charge in [-0.15, -0.1) is 0 Å². The van der Waals surface area contributed by atoms with Gasteiger partial charge in [-0.1, -0.05) is 32.8 Å². The molecule has 0 spiro atoms. The quantitative estimate of drug-likeness (QED) is 0.798. The fourth-order valence-corrected chi connectivity index (χ4v) is 3.86. The average molecular weight is 338 g/mol. The Hall–Kier alpha value is -1.40. The van der Waals surface area contributed by atoms with Crippen LogP contribution >= 0.6 is 0 Å². The predicted octanol–water partition coefficient (Wildman–Crippen LogP) is 2.13. The molecule has 1 amide bonds. The molecular formula is C17H26N2O3S. The van der Waals surface area contributed by atoms with Gasteiger partial charge in [0, 0.05) is 12.0 Å². The zero-order valence-electron chi connectivity index (χ0n) is 13.8. The summed E-state index contributed by atoms with van der Waals surface area (Å²) in [4.78, 5) is 12.6. The largest absolute Gasteiger partial charge is 0.352 e. The molecule has 0 radical (unpaired) electrons. The lowest BCUT2D eigenvalue weighted by Crippen LogP contribution is -2.39. The van der Waals surface area contributed by atoms with Crippen LogP contribution < -0.4 is 10.5 Å². The minimum absolute atomic E-state index is 0.0458. The van der Waals surface area contributed by atoms with E-state index >= 15 is 0 Å². The lowest BCUT2D eigenvalue weighted by molar-refractivity contribution is -0.126. The van der Waals surface area contributed by atoms with Crippen LogP contribution in [0.2, 0.25) is 0 Å². The van der Waals surface area contributed by atoms with Crippen molar-refractivity contribution < 1.29 is 13.2 Å². The summed E-state index contributed by atoms with van der Waals surface area (Å²) in [5.74, 6) is 0.201. The first-order chi connectivity index (χ1) is 10.8. The fourth-order valence-electron chi connectivity index (χ4n) is 3.30. The van der Waals surface area contributed by atoms with Gasteiger partial charge in [-0.25, -0.2) is 13.6 Å². The van der Waals surface area contributed by atoms with Crippen LogP contribution in [0.25, 0.3) is 0 Å². The molecule has 0 aromatic heterocycles. The van der Waals surface area contributed by atoms with E-state index in [1.807, 2.05) is 0 Å². The van der Waals surface area contributed by atoms with Crippen molar-refractivity contribution in [2.45, 2.75) is 63.3 Å². The maximum Gasteiger partial charge on any atom is 0.238 e. The van der Waals surface area contributed by atoms with Crippen LogP contribution in [-0.2, 0) is 27.7 Å². The number of carbonyl (C=O) groups is 1. The fraction of sp³-hybridized carbons (Fsp3) is 0.588. The molecule has 1 aromatic rings. The van der Waals surface area contributed by atoms with Gasteiger partial charge < -0.3 is 5.32 Å². The monoisotopic (exact) mass is 338 g/mol. The Labute approximate surface area is 138 Å². The summed E-state index contributed by atoms with van der Waals surface area (Å²) in [6.45, 7) is 4.19. The molecule has 2 rings (SSSR count). The number of nitrogens with one attached hydrogen (secondary N) is 1. The van der Waals surface area contributed by atoms with Crippen molar-refractivity contribution >= 4 is 15.9 Å². The first-order valence-electron chi connectivity index (χ1n) is 8.30. The van der Waals surface area contributed by atoms with Crippen molar-refractivity contribution in [2.75, 3.05) is 0 Å². The van der Waals surface area contributed by atoms with E-state index in [2.05, 4.69) is 19.2 Å². The van der Waals surface area contributed by atoms with Gasteiger partial charge in [-0.05, 0) is 48.9 Å². The number of primary sulfonamides is 1. The lowest BCUT2D eigenvalue weighted by Gasteiger charge is -2.19. The number of nitrogens with two attached hydrogens (primary N) is 1. The number of amides is 1. The SMILES string of the molecule is CCCC(CCC)C(=O)NC1Cc2ccc(S(N)(=O)=O)cc2C1. The van der Waals surface area contributed by atoms with Crippen LogP contribution in [0, 0.1) is 5.92 Å². The summed E-state index contributed by atoms with van der Waals surface area (Å²) in [5, 5.41) is 8.31. The molecule has 6 heteroatoms. The van der Waals surface area contributed by atoms with Gasteiger partial charge in [0.1, 0.15) is 0 Å². The molecule has 1 aliphatic carbocycles. The Balaban J connectivity index is 2.03. The highest BCUT2D eigenvalue weighted by Gasteiger charge is 2.26. The molecule has 0 aliphatic heterocycles. The van der Waals surface area contributed by atoms with Crippen molar-refractivity contribution in [3.05, 3.63) is 29.3 Å². The van der Waals surface area contributed by atoms with Crippen LogP contribution in [0.1, 0.15) is 50.7 Å². The summed E-state index contributed by atoms with van der Waals surface area (Å²) >= 11 is 0. The summed E-state index contributed by atoms with van der Waals surface area (Å²) in [5.41, 5.74) is 2.05. The average Bonchev–Trinajstić information content (AvgIpc) is 2.87. The molecular weight excluding hydrogens is 312 g/mol. The highest BCUT2D eigenvalue weighted by Crippen LogP contribution is 2.25. The van der Waals surface area contributed by atoms with E-state index in [4.69, 9.17) is 5.14 Å². The molecule has 5 nitrogen and oxygen atoms in total. The van der Waals surface area contributed by atoms with Crippen LogP contribution in [0.15, 0.2) is 23.1 Å². The van der Waals surface area contributed by atoms with Gasteiger partial charge in [-0.2, -0.15) is 0 Å². The molecule has 128 valence electrons. The van der Waals surface area contributed by atoms with Crippen molar-refractivity contribution in [3.63, 3.8) is 0 Å². The number of carbonyl (C=O) groups excluding carboxylic acids is 1. The summed E-state index contributed by atoms with van der Waals surface area (Å²) < 4.78 is 22.9. The molecule has 1 unspecified atom stereocenters.